The predicted octanol–water partition coefficient (Wildman–Crippen LogP) is 3.40. The quantitative estimate of drug-likeness (QED) is 0.769. The summed E-state index contributed by atoms with van der Waals surface area (Å²) in [4.78, 5) is 11.5. The fourth-order valence-corrected chi connectivity index (χ4v) is 2.15. The lowest BCUT2D eigenvalue weighted by Crippen LogP contribution is -2.20. The Morgan fingerprint density at radius 1 is 1.24 bits per heavy atom. The number of carbonyl (C=O) groups is 1. The number of rotatable bonds is 5. The Balaban J connectivity index is 2.28. The topological polar surface area (TPSA) is 78.8 Å². The fourth-order valence-electron chi connectivity index (χ4n) is 1.89. The number of hydrogen-bond donors (Lipinski definition) is 3. The van der Waals surface area contributed by atoms with Crippen LogP contribution in [0.2, 0.25) is 0 Å². The maximum Gasteiger partial charge on any atom is 0.330 e. The highest BCUT2D eigenvalue weighted by Crippen LogP contribution is 2.30. The zero-order chi connectivity index (χ0) is 15.4. The van der Waals surface area contributed by atoms with Crippen molar-refractivity contribution in [3.63, 3.8) is 0 Å². The highest BCUT2D eigenvalue weighted by Gasteiger charge is 2.21. The van der Waals surface area contributed by atoms with E-state index >= 15 is 0 Å². The van der Waals surface area contributed by atoms with E-state index in [0.29, 0.717) is 17.0 Å². The maximum atomic E-state index is 11.5. The SMILES string of the molecule is COc1ccc(C(Nc2ccc(Br)cc2)C(=O)O)cc1O. The van der Waals surface area contributed by atoms with Crippen LogP contribution in [-0.2, 0) is 4.79 Å². The van der Waals surface area contributed by atoms with Gasteiger partial charge in [0.2, 0.25) is 0 Å². The number of carboxylic acids is 1. The summed E-state index contributed by atoms with van der Waals surface area (Å²) < 4.78 is 5.85. The van der Waals surface area contributed by atoms with Gasteiger partial charge in [0.05, 0.1) is 7.11 Å². The van der Waals surface area contributed by atoms with Crippen molar-refractivity contribution in [2.45, 2.75) is 6.04 Å². The first-order valence-corrected chi connectivity index (χ1v) is 6.92. The van der Waals surface area contributed by atoms with Gasteiger partial charge in [0, 0.05) is 10.2 Å². The molecule has 0 saturated carbocycles. The third-order valence-corrected chi connectivity index (χ3v) is 3.47. The number of nitrogens with one attached hydrogen (secondary N) is 1. The van der Waals surface area contributed by atoms with Crippen LogP contribution in [-0.4, -0.2) is 23.3 Å². The number of ether oxygens (including phenoxy) is 1. The van der Waals surface area contributed by atoms with Crippen molar-refractivity contribution in [1.29, 1.82) is 0 Å². The fraction of sp³-hybridized carbons (Fsp3) is 0.133. The van der Waals surface area contributed by atoms with E-state index in [-0.39, 0.29) is 5.75 Å². The average molecular weight is 352 g/mol. The second-order valence-corrected chi connectivity index (χ2v) is 5.27. The lowest BCUT2D eigenvalue weighted by atomic mass is 10.1. The molecule has 0 heterocycles. The minimum atomic E-state index is -1.04. The van der Waals surface area contributed by atoms with E-state index in [9.17, 15) is 15.0 Å². The van der Waals surface area contributed by atoms with Gasteiger partial charge in [0.1, 0.15) is 0 Å². The Kier molecular flexibility index (Phi) is 4.70. The number of phenolic OH excluding ortho intramolecular Hbond substituents is 1. The number of anilines is 1. The summed E-state index contributed by atoms with van der Waals surface area (Å²) in [6.07, 6.45) is 0. The van der Waals surface area contributed by atoms with Crippen molar-refractivity contribution in [2.75, 3.05) is 12.4 Å². The van der Waals surface area contributed by atoms with Crippen LogP contribution in [0, 0.1) is 0 Å². The van der Waals surface area contributed by atoms with Crippen molar-refractivity contribution in [3.05, 3.63) is 52.5 Å². The van der Waals surface area contributed by atoms with Crippen LogP contribution in [0.5, 0.6) is 11.5 Å². The van der Waals surface area contributed by atoms with E-state index in [0.717, 1.165) is 4.47 Å². The number of methoxy groups -OCH3 is 1. The molecule has 21 heavy (non-hydrogen) atoms. The summed E-state index contributed by atoms with van der Waals surface area (Å²) in [7, 11) is 1.43. The Bertz CT molecular complexity index is 643. The van der Waals surface area contributed by atoms with Crippen molar-refractivity contribution in [3.8, 4) is 11.5 Å². The highest BCUT2D eigenvalue weighted by molar-refractivity contribution is 9.10. The molecule has 2 aromatic rings. The van der Waals surface area contributed by atoms with E-state index in [2.05, 4.69) is 21.2 Å². The minimum Gasteiger partial charge on any atom is -0.504 e. The number of halogens is 1. The van der Waals surface area contributed by atoms with Crippen LogP contribution in [0.3, 0.4) is 0 Å². The molecule has 2 rings (SSSR count). The second kappa shape index (κ2) is 6.49. The van der Waals surface area contributed by atoms with Gasteiger partial charge in [-0.25, -0.2) is 4.79 Å². The Labute approximate surface area is 130 Å². The second-order valence-electron chi connectivity index (χ2n) is 4.35. The summed E-state index contributed by atoms with van der Waals surface area (Å²) in [5, 5.41) is 22.1. The van der Waals surface area contributed by atoms with E-state index in [4.69, 9.17) is 4.74 Å². The molecule has 0 saturated heterocycles. The van der Waals surface area contributed by atoms with Crippen LogP contribution >= 0.6 is 15.9 Å². The molecular formula is C15H14BrNO4. The summed E-state index contributed by atoms with van der Waals surface area (Å²) in [6.45, 7) is 0. The number of hydrogen-bond acceptors (Lipinski definition) is 4. The molecule has 1 atom stereocenters. The third kappa shape index (κ3) is 3.66. The van der Waals surface area contributed by atoms with Crippen LogP contribution in [0.25, 0.3) is 0 Å². The van der Waals surface area contributed by atoms with Crippen LogP contribution in [0.1, 0.15) is 11.6 Å². The zero-order valence-electron chi connectivity index (χ0n) is 11.2. The summed E-state index contributed by atoms with van der Waals surface area (Å²) >= 11 is 3.32. The number of benzene rings is 2. The number of aromatic hydroxyl groups is 1. The molecule has 0 spiro atoms. The van der Waals surface area contributed by atoms with E-state index in [1.807, 2.05) is 12.1 Å². The standard InChI is InChI=1S/C15H14BrNO4/c1-21-13-7-2-9(8-12(13)18)14(15(19)20)17-11-5-3-10(16)4-6-11/h2-8,14,17-18H,1H3,(H,19,20). The molecule has 1 unspecified atom stereocenters. The molecule has 0 radical (unpaired) electrons. The normalized spacial score (nSPS) is 11.7. The first-order valence-electron chi connectivity index (χ1n) is 6.13. The zero-order valence-corrected chi connectivity index (χ0v) is 12.8. The Morgan fingerprint density at radius 3 is 2.43 bits per heavy atom. The lowest BCUT2D eigenvalue weighted by Gasteiger charge is -2.17. The van der Waals surface area contributed by atoms with E-state index < -0.39 is 12.0 Å². The largest absolute Gasteiger partial charge is 0.504 e. The summed E-state index contributed by atoms with van der Waals surface area (Å²) in [5.74, 6) is -0.840. The molecule has 0 amide bonds. The molecule has 0 aromatic heterocycles. The molecule has 0 aliphatic heterocycles. The summed E-state index contributed by atoms with van der Waals surface area (Å²) in [6, 6.07) is 10.7. The first-order chi connectivity index (χ1) is 10.0. The van der Waals surface area contributed by atoms with Crippen LogP contribution < -0.4 is 10.1 Å². The molecule has 110 valence electrons. The smallest absolute Gasteiger partial charge is 0.330 e. The van der Waals surface area contributed by atoms with Gasteiger partial charge >= 0.3 is 5.97 Å². The molecule has 0 fully saturated rings. The maximum absolute atomic E-state index is 11.5. The summed E-state index contributed by atoms with van der Waals surface area (Å²) in [5.41, 5.74) is 1.10. The van der Waals surface area contributed by atoms with Crippen molar-refractivity contribution in [2.24, 2.45) is 0 Å². The Morgan fingerprint density at radius 2 is 1.90 bits per heavy atom. The van der Waals surface area contributed by atoms with Gasteiger partial charge in [-0.15, -0.1) is 0 Å². The van der Waals surface area contributed by atoms with Crippen LogP contribution in [0.4, 0.5) is 5.69 Å². The van der Waals surface area contributed by atoms with Gasteiger partial charge in [0.15, 0.2) is 17.5 Å². The minimum absolute atomic E-state index is 0.0983. The first kappa shape index (κ1) is 15.2. The van der Waals surface area contributed by atoms with Crippen molar-refractivity contribution < 1.29 is 19.7 Å². The Hall–Kier alpha value is -2.21. The molecule has 0 bridgehead atoms. The number of carboxylic acid groups (broad SMARTS) is 1. The molecule has 6 heteroatoms. The number of aliphatic carboxylic acids is 1. The molecule has 3 N–H and O–H groups in total. The van der Waals surface area contributed by atoms with Gasteiger partial charge in [-0.2, -0.15) is 0 Å². The van der Waals surface area contributed by atoms with Gasteiger partial charge in [-0.05, 0) is 42.0 Å². The third-order valence-electron chi connectivity index (χ3n) is 2.94. The average Bonchev–Trinajstić information content (AvgIpc) is 2.46. The number of phenols is 1. The van der Waals surface area contributed by atoms with Gasteiger partial charge in [-0.1, -0.05) is 22.0 Å². The van der Waals surface area contributed by atoms with E-state index in [1.165, 1.54) is 19.2 Å². The van der Waals surface area contributed by atoms with E-state index in [1.54, 1.807) is 18.2 Å². The highest BCUT2D eigenvalue weighted by atomic mass is 79.9. The predicted molar refractivity (Wildman–Crippen MR) is 82.8 cm³/mol. The molecule has 2 aromatic carbocycles. The van der Waals surface area contributed by atoms with Gasteiger partial charge in [-0.3, -0.25) is 0 Å². The molecule has 0 aliphatic rings. The van der Waals surface area contributed by atoms with Crippen molar-refractivity contribution in [1.82, 2.24) is 0 Å². The molecule has 5 nitrogen and oxygen atoms in total. The molecular weight excluding hydrogens is 338 g/mol. The molecule has 0 aliphatic carbocycles. The van der Waals surface area contributed by atoms with Crippen LogP contribution in [0.15, 0.2) is 46.9 Å². The monoisotopic (exact) mass is 351 g/mol. The van der Waals surface area contributed by atoms with Crippen molar-refractivity contribution >= 4 is 27.6 Å². The lowest BCUT2D eigenvalue weighted by molar-refractivity contribution is -0.138. The van der Waals surface area contributed by atoms with Gasteiger partial charge in [0.25, 0.3) is 0 Å². The van der Waals surface area contributed by atoms with Gasteiger partial charge < -0.3 is 20.3 Å².